The van der Waals surface area contributed by atoms with E-state index in [9.17, 15) is 4.79 Å². The maximum Gasteiger partial charge on any atom is 0.276 e. The van der Waals surface area contributed by atoms with Gasteiger partial charge in [-0.05, 0) is 37.6 Å². The van der Waals surface area contributed by atoms with Crippen molar-refractivity contribution < 1.29 is 4.79 Å². The second-order valence-corrected chi connectivity index (χ2v) is 7.36. The van der Waals surface area contributed by atoms with Gasteiger partial charge in [0, 0.05) is 29.9 Å². The van der Waals surface area contributed by atoms with Crippen molar-refractivity contribution in [3.8, 4) is 0 Å². The van der Waals surface area contributed by atoms with Crippen molar-refractivity contribution in [2.24, 2.45) is 0 Å². The smallest absolute Gasteiger partial charge is 0.276 e. The lowest BCUT2D eigenvalue weighted by Crippen LogP contribution is -2.31. The molecule has 0 saturated heterocycles. The number of benzene rings is 1. The number of amides is 1. The zero-order valence-electron chi connectivity index (χ0n) is 17.5. The maximum atomic E-state index is 13.6. The van der Waals surface area contributed by atoms with E-state index in [2.05, 4.69) is 28.2 Å². The molecule has 8 nitrogen and oxygen atoms in total. The quantitative estimate of drug-likeness (QED) is 0.460. The standard InChI is InChI=1S/C23H23N7O/c1-3-17-22-18(8-7-9-19(22)30(27-17)15-16-12-25-26-13-16)28(4-2)23(31)20-14-24-21-10-5-6-11-29(20)21/h5-14H,3-4,15H2,1-2H3,(H,25,26). The molecule has 0 spiro atoms. The molecule has 8 heteroatoms. The number of nitrogens with one attached hydrogen (secondary N) is 1. The number of anilines is 1. The van der Waals surface area contributed by atoms with Gasteiger partial charge in [0.15, 0.2) is 0 Å². The summed E-state index contributed by atoms with van der Waals surface area (Å²) in [6, 6.07) is 11.7. The summed E-state index contributed by atoms with van der Waals surface area (Å²) >= 11 is 0. The molecule has 0 atom stereocenters. The fraction of sp³-hybridized carbons (Fsp3) is 0.217. The predicted octanol–water partition coefficient (Wildman–Crippen LogP) is 3.68. The van der Waals surface area contributed by atoms with E-state index in [-0.39, 0.29) is 5.91 Å². The largest absolute Gasteiger partial charge is 0.307 e. The third-order valence-electron chi connectivity index (χ3n) is 5.54. The van der Waals surface area contributed by atoms with Gasteiger partial charge in [0.1, 0.15) is 11.3 Å². The molecule has 5 aromatic rings. The highest BCUT2D eigenvalue weighted by Gasteiger charge is 2.24. The summed E-state index contributed by atoms with van der Waals surface area (Å²) in [4.78, 5) is 19.8. The molecule has 5 rings (SSSR count). The molecule has 0 aliphatic rings. The van der Waals surface area contributed by atoms with Crippen molar-refractivity contribution in [2.45, 2.75) is 26.8 Å². The second kappa shape index (κ2) is 7.71. The number of hydrogen-bond acceptors (Lipinski definition) is 4. The lowest BCUT2D eigenvalue weighted by molar-refractivity contribution is 0.0983. The topological polar surface area (TPSA) is 84.1 Å². The molecule has 156 valence electrons. The van der Waals surface area contributed by atoms with Crippen LogP contribution < -0.4 is 4.90 Å². The number of H-pyrrole nitrogens is 1. The summed E-state index contributed by atoms with van der Waals surface area (Å²) < 4.78 is 3.81. The predicted molar refractivity (Wildman–Crippen MR) is 119 cm³/mol. The van der Waals surface area contributed by atoms with Crippen LogP contribution in [-0.4, -0.2) is 41.8 Å². The van der Waals surface area contributed by atoms with Crippen LogP contribution in [0.3, 0.4) is 0 Å². The minimum Gasteiger partial charge on any atom is -0.307 e. The molecule has 4 aromatic heterocycles. The number of aromatic amines is 1. The third kappa shape index (κ3) is 3.16. The van der Waals surface area contributed by atoms with E-state index in [1.165, 1.54) is 0 Å². The van der Waals surface area contributed by atoms with Crippen molar-refractivity contribution in [2.75, 3.05) is 11.4 Å². The van der Waals surface area contributed by atoms with Gasteiger partial charge in [-0.25, -0.2) is 4.98 Å². The molecule has 4 heterocycles. The Kier molecular flexibility index (Phi) is 4.74. The molecular weight excluding hydrogens is 390 g/mol. The van der Waals surface area contributed by atoms with Crippen LogP contribution in [0, 0.1) is 0 Å². The van der Waals surface area contributed by atoms with Crippen molar-refractivity contribution in [3.05, 3.63) is 78.1 Å². The Morgan fingerprint density at radius 2 is 2.03 bits per heavy atom. The molecule has 0 aliphatic heterocycles. The summed E-state index contributed by atoms with van der Waals surface area (Å²) in [5.74, 6) is -0.0849. The molecule has 0 saturated carbocycles. The highest BCUT2D eigenvalue weighted by molar-refractivity contribution is 6.10. The maximum absolute atomic E-state index is 13.6. The van der Waals surface area contributed by atoms with Crippen LogP contribution in [0.1, 0.15) is 35.6 Å². The normalized spacial score (nSPS) is 11.4. The average Bonchev–Trinajstić information content (AvgIpc) is 3.53. The van der Waals surface area contributed by atoms with E-state index in [1.807, 2.05) is 63.6 Å². The molecule has 0 aliphatic carbocycles. The van der Waals surface area contributed by atoms with E-state index in [4.69, 9.17) is 5.10 Å². The number of fused-ring (bicyclic) bond motifs is 2. The van der Waals surface area contributed by atoms with Crippen molar-refractivity contribution in [3.63, 3.8) is 0 Å². The van der Waals surface area contributed by atoms with Gasteiger partial charge in [0.05, 0.1) is 35.8 Å². The summed E-state index contributed by atoms with van der Waals surface area (Å²) in [5, 5.41) is 12.7. The molecular formula is C23H23N7O. The summed E-state index contributed by atoms with van der Waals surface area (Å²) in [6.45, 7) is 5.22. The van der Waals surface area contributed by atoms with Crippen LogP contribution >= 0.6 is 0 Å². The van der Waals surface area contributed by atoms with Crippen LogP contribution in [0.25, 0.3) is 16.6 Å². The van der Waals surface area contributed by atoms with Crippen molar-refractivity contribution >= 4 is 28.1 Å². The van der Waals surface area contributed by atoms with Gasteiger partial charge in [-0.15, -0.1) is 0 Å². The Hall–Kier alpha value is -3.94. The van der Waals surface area contributed by atoms with Gasteiger partial charge < -0.3 is 4.90 Å². The highest BCUT2D eigenvalue weighted by Crippen LogP contribution is 2.32. The molecule has 0 bridgehead atoms. The zero-order chi connectivity index (χ0) is 21.4. The molecule has 0 fully saturated rings. The molecule has 0 unspecified atom stereocenters. The second-order valence-electron chi connectivity index (χ2n) is 7.36. The van der Waals surface area contributed by atoms with Gasteiger partial charge >= 0.3 is 0 Å². The van der Waals surface area contributed by atoms with E-state index in [1.54, 1.807) is 12.4 Å². The van der Waals surface area contributed by atoms with Crippen LogP contribution in [0.15, 0.2) is 61.2 Å². The first kappa shape index (κ1) is 19.0. The summed E-state index contributed by atoms with van der Waals surface area (Å²) in [5.41, 5.74) is 5.18. The van der Waals surface area contributed by atoms with Gasteiger partial charge in [-0.1, -0.05) is 19.1 Å². The number of rotatable bonds is 6. The Morgan fingerprint density at radius 1 is 1.13 bits per heavy atom. The van der Waals surface area contributed by atoms with Gasteiger partial charge in [0.2, 0.25) is 0 Å². The van der Waals surface area contributed by atoms with E-state index >= 15 is 0 Å². The Labute approximate surface area is 179 Å². The van der Waals surface area contributed by atoms with Crippen molar-refractivity contribution in [1.82, 2.24) is 29.4 Å². The van der Waals surface area contributed by atoms with Crippen LogP contribution in [-0.2, 0) is 13.0 Å². The molecule has 1 amide bonds. The number of hydrogen-bond donors (Lipinski definition) is 1. The van der Waals surface area contributed by atoms with Gasteiger partial charge in [-0.3, -0.25) is 19.0 Å². The third-order valence-corrected chi connectivity index (χ3v) is 5.54. The zero-order valence-corrected chi connectivity index (χ0v) is 17.5. The van der Waals surface area contributed by atoms with E-state index in [0.717, 1.165) is 39.9 Å². The summed E-state index contributed by atoms with van der Waals surface area (Å²) in [7, 11) is 0. The first-order valence-electron chi connectivity index (χ1n) is 10.4. The van der Waals surface area contributed by atoms with Crippen LogP contribution in [0.5, 0.6) is 0 Å². The molecule has 0 radical (unpaired) electrons. The number of imidazole rings is 1. The first-order chi connectivity index (χ1) is 15.2. The highest BCUT2D eigenvalue weighted by atomic mass is 16.2. The lowest BCUT2D eigenvalue weighted by atomic mass is 10.1. The summed E-state index contributed by atoms with van der Waals surface area (Å²) in [6.07, 6.45) is 7.95. The van der Waals surface area contributed by atoms with Crippen LogP contribution in [0.2, 0.25) is 0 Å². The fourth-order valence-electron chi connectivity index (χ4n) is 4.07. The monoisotopic (exact) mass is 413 g/mol. The number of aryl methyl sites for hydroxylation is 1. The van der Waals surface area contributed by atoms with E-state index < -0.39 is 0 Å². The van der Waals surface area contributed by atoms with Gasteiger partial charge in [-0.2, -0.15) is 10.2 Å². The van der Waals surface area contributed by atoms with Gasteiger partial charge in [0.25, 0.3) is 5.91 Å². The first-order valence-corrected chi connectivity index (χ1v) is 10.4. The number of carbonyl (C=O) groups excluding carboxylic acids is 1. The lowest BCUT2D eigenvalue weighted by Gasteiger charge is -2.22. The number of nitrogens with zero attached hydrogens (tertiary/aromatic N) is 6. The Bertz CT molecular complexity index is 1360. The number of pyridine rings is 1. The van der Waals surface area contributed by atoms with E-state index in [0.29, 0.717) is 18.8 Å². The number of aromatic nitrogens is 6. The molecule has 1 N–H and O–H groups in total. The Balaban J connectivity index is 1.62. The molecule has 1 aromatic carbocycles. The minimum absolute atomic E-state index is 0.0849. The number of carbonyl (C=O) groups is 1. The van der Waals surface area contributed by atoms with Crippen molar-refractivity contribution in [1.29, 1.82) is 0 Å². The minimum atomic E-state index is -0.0849. The van der Waals surface area contributed by atoms with Crippen LogP contribution in [0.4, 0.5) is 5.69 Å². The molecule has 31 heavy (non-hydrogen) atoms. The Morgan fingerprint density at radius 3 is 2.81 bits per heavy atom. The fourth-order valence-corrected chi connectivity index (χ4v) is 4.07. The SMILES string of the molecule is CCc1nn(Cc2cn[nH]c2)c2cccc(N(CC)C(=O)c3cnc4ccccn34)c12. The average molecular weight is 413 g/mol.